The summed E-state index contributed by atoms with van der Waals surface area (Å²) >= 11 is 0. The van der Waals surface area contributed by atoms with Crippen LogP contribution in [0.4, 0.5) is 0 Å². The molecule has 0 unspecified atom stereocenters. The van der Waals surface area contributed by atoms with Crippen molar-refractivity contribution in [3.63, 3.8) is 0 Å². The van der Waals surface area contributed by atoms with Gasteiger partial charge in [0.25, 0.3) is 0 Å². The third kappa shape index (κ3) is 2.41. The maximum absolute atomic E-state index is 2.36. The second kappa shape index (κ2) is 5.55. The van der Waals surface area contributed by atoms with Gasteiger partial charge in [0.1, 0.15) is 0 Å². The Balaban J connectivity index is 1.95. The van der Waals surface area contributed by atoms with Crippen molar-refractivity contribution in [1.82, 2.24) is 0 Å². The molecule has 111 valence electrons. The van der Waals surface area contributed by atoms with Gasteiger partial charge in [-0.3, -0.25) is 0 Å². The third-order valence-corrected chi connectivity index (χ3v) is 4.67. The number of hydrogen-bond donors (Lipinski definition) is 0. The summed E-state index contributed by atoms with van der Waals surface area (Å²) in [7, 11) is 0. The van der Waals surface area contributed by atoms with E-state index in [1.54, 1.807) is 0 Å². The molecule has 0 amide bonds. The van der Waals surface area contributed by atoms with Gasteiger partial charge in [0.15, 0.2) is 0 Å². The molecule has 0 N–H and O–H groups in total. The van der Waals surface area contributed by atoms with Crippen molar-refractivity contribution in [2.45, 2.75) is 13.8 Å². The minimum atomic E-state index is 1.29. The Morgan fingerprint density at radius 2 is 0.957 bits per heavy atom. The van der Waals surface area contributed by atoms with Gasteiger partial charge in [-0.2, -0.15) is 0 Å². The fourth-order valence-corrected chi connectivity index (χ4v) is 3.34. The van der Waals surface area contributed by atoms with E-state index in [9.17, 15) is 0 Å². The van der Waals surface area contributed by atoms with Crippen LogP contribution in [0.15, 0.2) is 72.8 Å². The van der Waals surface area contributed by atoms with Gasteiger partial charge in [-0.1, -0.05) is 72.8 Å². The molecule has 0 heterocycles. The monoisotopic (exact) mass is 295 g/mol. The van der Waals surface area contributed by atoms with Gasteiger partial charge >= 0.3 is 0 Å². The van der Waals surface area contributed by atoms with E-state index in [1.165, 1.54) is 43.8 Å². The van der Waals surface area contributed by atoms with Crippen molar-refractivity contribution in [1.29, 1.82) is 0 Å². The molecule has 0 atom stereocenters. The number of fused-ring (bicyclic) bond motifs is 2. The molecule has 0 bridgehead atoms. The maximum atomic E-state index is 2.36. The van der Waals surface area contributed by atoms with Gasteiger partial charge in [0.05, 0.1) is 0 Å². The average Bonchev–Trinajstić information content (AvgIpc) is 2.59. The van der Waals surface area contributed by atoms with E-state index in [0.29, 0.717) is 0 Å². The molecule has 0 aromatic heterocycles. The largest absolute Gasteiger partial charge is 0.0616 e. The van der Waals surface area contributed by atoms with Crippen molar-refractivity contribution in [2.24, 2.45) is 0 Å². The molecular formula is C23H19. The van der Waals surface area contributed by atoms with Crippen LogP contribution in [0.1, 0.15) is 22.3 Å². The Bertz CT molecular complexity index is 926. The van der Waals surface area contributed by atoms with Gasteiger partial charge in [-0.15, -0.1) is 0 Å². The zero-order chi connectivity index (χ0) is 15.8. The Labute approximate surface area is 137 Å². The number of rotatable bonds is 2. The summed E-state index contributed by atoms with van der Waals surface area (Å²) in [6.45, 7) is 4.39. The van der Waals surface area contributed by atoms with Crippen LogP contribution in [0.25, 0.3) is 21.5 Å². The third-order valence-electron chi connectivity index (χ3n) is 4.67. The van der Waals surface area contributed by atoms with Crippen LogP contribution >= 0.6 is 0 Å². The Hall–Kier alpha value is -2.60. The first-order valence-electron chi connectivity index (χ1n) is 8.05. The molecule has 23 heavy (non-hydrogen) atoms. The highest BCUT2D eigenvalue weighted by molar-refractivity contribution is 5.92. The van der Waals surface area contributed by atoms with Crippen molar-refractivity contribution in [3.05, 3.63) is 101 Å². The fourth-order valence-electron chi connectivity index (χ4n) is 3.34. The molecule has 0 nitrogen and oxygen atoms in total. The standard InChI is InChI=1S/C23H19/c1-16-11-13-18-7-3-5-9-20(18)22(16)15-23-17(2)12-14-19-8-4-6-10-21(19)23/h3-15H,1-2H3. The predicted octanol–water partition coefficient (Wildman–Crippen LogP) is 6.21. The maximum Gasteiger partial charge on any atom is 0.0217 e. The van der Waals surface area contributed by atoms with Crippen molar-refractivity contribution >= 4 is 21.5 Å². The lowest BCUT2D eigenvalue weighted by atomic mass is 9.90. The van der Waals surface area contributed by atoms with E-state index < -0.39 is 0 Å². The van der Waals surface area contributed by atoms with E-state index in [2.05, 4.69) is 93.1 Å². The summed E-state index contributed by atoms with van der Waals surface area (Å²) in [5, 5.41) is 5.23. The van der Waals surface area contributed by atoms with E-state index in [-0.39, 0.29) is 0 Å². The molecule has 0 aliphatic rings. The summed E-state index contributed by atoms with van der Waals surface area (Å²) in [5.74, 6) is 0. The van der Waals surface area contributed by atoms with Gasteiger partial charge < -0.3 is 0 Å². The lowest BCUT2D eigenvalue weighted by molar-refractivity contribution is 1.34. The minimum absolute atomic E-state index is 1.29. The van der Waals surface area contributed by atoms with E-state index >= 15 is 0 Å². The average molecular weight is 295 g/mol. The highest BCUT2D eigenvalue weighted by Gasteiger charge is 2.10. The van der Waals surface area contributed by atoms with Crippen LogP contribution in [0, 0.1) is 20.3 Å². The van der Waals surface area contributed by atoms with Crippen molar-refractivity contribution < 1.29 is 0 Å². The Kier molecular flexibility index (Phi) is 3.38. The van der Waals surface area contributed by atoms with Gasteiger partial charge in [0.2, 0.25) is 0 Å². The highest BCUT2D eigenvalue weighted by atomic mass is 14.1. The van der Waals surface area contributed by atoms with Crippen molar-refractivity contribution in [3.8, 4) is 0 Å². The van der Waals surface area contributed by atoms with Crippen LogP contribution in [0.2, 0.25) is 0 Å². The molecule has 0 fully saturated rings. The highest BCUT2D eigenvalue weighted by Crippen LogP contribution is 2.31. The zero-order valence-corrected chi connectivity index (χ0v) is 13.5. The van der Waals surface area contributed by atoms with Crippen LogP contribution in [-0.2, 0) is 0 Å². The fraction of sp³-hybridized carbons (Fsp3) is 0.0870. The molecule has 1 radical (unpaired) electrons. The minimum Gasteiger partial charge on any atom is -0.0616 e. The summed E-state index contributed by atoms with van der Waals surface area (Å²) in [6, 6.07) is 26.1. The normalized spacial score (nSPS) is 11.2. The molecule has 0 saturated heterocycles. The molecule has 0 saturated carbocycles. The summed E-state index contributed by atoms with van der Waals surface area (Å²) in [4.78, 5) is 0. The number of hydrogen-bond acceptors (Lipinski definition) is 0. The first-order valence-corrected chi connectivity index (χ1v) is 8.05. The Morgan fingerprint density at radius 1 is 0.522 bits per heavy atom. The molecule has 4 aromatic rings. The summed E-state index contributed by atoms with van der Waals surface area (Å²) in [6.07, 6.45) is 2.36. The quantitative estimate of drug-likeness (QED) is 0.412. The first kappa shape index (κ1) is 14.0. The SMILES string of the molecule is Cc1ccc2ccccc2c1[CH]c1c(C)ccc2ccccc12. The van der Waals surface area contributed by atoms with Crippen molar-refractivity contribution in [2.75, 3.05) is 0 Å². The van der Waals surface area contributed by atoms with E-state index in [0.717, 1.165) is 0 Å². The lowest BCUT2D eigenvalue weighted by Gasteiger charge is -2.14. The van der Waals surface area contributed by atoms with E-state index in [1.807, 2.05) is 0 Å². The smallest absolute Gasteiger partial charge is 0.0217 e. The van der Waals surface area contributed by atoms with Gasteiger partial charge in [-0.25, -0.2) is 0 Å². The second-order valence-corrected chi connectivity index (χ2v) is 6.18. The molecule has 0 aliphatic heterocycles. The summed E-state index contributed by atoms with van der Waals surface area (Å²) in [5.41, 5.74) is 5.28. The number of benzene rings is 4. The van der Waals surface area contributed by atoms with Crippen LogP contribution < -0.4 is 0 Å². The Morgan fingerprint density at radius 3 is 1.43 bits per heavy atom. The predicted molar refractivity (Wildman–Crippen MR) is 99.9 cm³/mol. The first-order chi connectivity index (χ1) is 11.2. The van der Waals surface area contributed by atoms with Crippen LogP contribution in [0.3, 0.4) is 0 Å². The molecular weight excluding hydrogens is 276 g/mol. The van der Waals surface area contributed by atoms with Gasteiger partial charge in [0, 0.05) is 6.42 Å². The molecule has 4 rings (SSSR count). The number of aryl methyl sites for hydroxylation is 2. The van der Waals surface area contributed by atoms with Crippen LogP contribution in [0.5, 0.6) is 0 Å². The van der Waals surface area contributed by atoms with Gasteiger partial charge in [-0.05, 0) is 57.6 Å². The zero-order valence-electron chi connectivity index (χ0n) is 13.5. The van der Waals surface area contributed by atoms with Crippen LogP contribution in [-0.4, -0.2) is 0 Å². The molecule has 0 aliphatic carbocycles. The molecule has 0 heteroatoms. The molecule has 4 aromatic carbocycles. The second-order valence-electron chi connectivity index (χ2n) is 6.18. The summed E-state index contributed by atoms with van der Waals surface area (Å²) < 4.78 is 0. The molecule has 0 spiro atoms. The lowest BCUT2D eigenvalue weighted by Crippen LogP contribution is -1.95. The van der Waals surface area contributed by atoms with E-state index in [4.69, 9.17) is 0 Å². The topological polar surface area (TPSA) is 0 Å².